The van der Waals surface area contributed by atoms with Gasteiger partial charge in [-0.3, -0.25) is 0 Å². The number of hydrogen-bond acceptors (Lipinski definition) is 0. The van der Waals surface area contributed by atoms with Gasteiger partial charge < -0.3 is 0 Å². The molecule has 0 amide bonds. The lowest BCUT2D eigenvalue weighted by atomic mass is 9.77. The molecule has 0 aromatic carbocycles. The SMILES string of the molecule is CCC(C)CC(CC(C)C)C(C)CC(C)C. The normalized spacial score (nSPS) is 17.8. The average molecular weight is 226 g/mol. The maximum absolute atomic E-state index is 2.47. The highest BCUT2D eigenvalue weighted by atomic mass is 14.3. The first kappa shape index (κ1) is 16.0. The van der Waals surface area contributed by atoms with Gasteiger partial charge >= 0.3 is 0 Å². The summed E-state index contributed by atoms with van der Waals surface area (Å²) in [6.07, 6.45) is 5.58. The van der Waals surface area contributed by atoms with Crippen molar-refractivity contribution >= 4 is 0 Å². The van der Waals surface area contributed by atoms with E-state index in [-0.39, 0.29) is 0 Å². The van der Waals surface area contributed by atoms with E-state index in [1.165, 1.54) is 25.7 Å². The van der Waals surface area contributed by atoms with Gasteiger partial charge in [0, 0.05) is 0 Å². The van der Waals surface area contributed by atoms with Gasteiger partial charge in [0.05, 0.1) is 0 Å². The fraction of sp³-hybridized carbons (Fsp3) is 1.00. The Morgan fingerprint density at radius 2 is 1.19 bits per heavy atom. The van der Waals surface area contributed by atoms with Gasteiger partial charge in [-0.1, -0.05) is 54.9 Å². The lowest BCUT2D eigenvalue weighted by molar-refractivity contribution is 0.219. The molecule has 0 heteroatoms. The van der Waals surface area contributed by atoms with Crippen LogP contribution < -0.4 is 0 Å². The summed E-state index contributed by atoms with van der Waals surface area (Å²) in [6, 6.07) is 0. The summed E-state index contributed by atoms with van der Waals surface area (Å²) < 4.78 is 0. The molecule has 0 bridgehead atoms. The van der Waals surface area contributed by atoms with Gasteiger partial charge in [0.1, 0.15) is 0 Å². The van der Waals surface area contributed by atoms with Gasteiger partial charge in [-0.05, 0) is 48.9 Å². The maximum atomic E-state index is 2.47. The standard InChI is InChI=1S/C16H34/c1-8-14(6)11-16(10-13(4)5)15(7)9-12(2)3/h12-16H,8-11H2,1-7H3. The Labute approximate surface area is 104 Å². The molecule has 0 aliphatic heterocycles. The molecule has 3 atom stereocenters. The molecule has 0 fully saturated rings. The Kier molecular flexibility index (Phi) is 8.14. The molecule has 0 N–H and O–H groups in total. The summed E-state index contributed by atoms with van der Waals surface area (Å²) in [4.78, 5) is 0. The molecule has 0 rings (SSSR count). The van der Waals surface area contributed by atoms with Crippen LogP contribution in [-0.2, 0) is 0 Å². The summed E-state index contributed by atoms with van der Waals surface area (Å²) >= 11 is 0. The summed E-state index contributed by atoms with van der Waals surface area (Å²) in [5.41, 5.74) is 0. The molecular weight excluding hydrogens is 192 g/mol. The third kappa shape index (κ3) is 7.30. The van der Waals surface area contributed by atoms with E-state index in [0.29, 0.717) is 0 Å². The van der Waals surface area contributed by atoms with Gasteiger partial charge in [-0.25, -0.2) is 0 Å². The Hall–Kier alpha value is 0. The fourth-order valence-corrected chi connectivity index (χ4v) is 2.79. The second-order valence-electron chi connectivity index (χ2n) is 6.75. The molecule has 16 heavy (non-hydrogen) atoms. The van der Waals surface area contributed by atoms with Crippen LogP contribution in [0, 0.1) is 29.6 Å². The van der Waals surface area contributed by atoms with E-state index in [0.717, 1.165) is 29.6 Å². The van der Waals surface area contributed by atoms with Crippen LogP contribution in [0.2, 0.25) is 0 Å². The third-order valence-electron chi connectivity index (χ3n) is 3.82. The van der Waals surface area contributed by atoms with Crippen LogP contribution in [0.5, 0.6) is 0 Å². The summed E-state index contributed by atoms with van der Waals surface area (Å²) in [5, 5.41) is 0. The lowest BCUT2D eigenvalue weighted by Crippen LogP contribution is -2.18. The Bertz CT molecular complexity index is 157. The first-order valence-corrected chi connectivity index (χ1v) is 7.36. The largest absolute Gasteiger partial charge is 0.0651 e. The maximum Gasteiger partial charge on any atom is -0.0383 e. The van der Waals surface area contributed by atoms with Crippen LogP contribution in [0.1, 0.15) is 74.1 Å². The topological polar surface area (TPSA) is 0 Å². The molecule has 3 unspecified atom stereocenters. The van der Waals surface area contributed by atoms with Crippen LogP contribution in [0.3, 0.4) is 0 Å². The van der Waals surface area contributed by atoms with E-state index in [2.05, 4.69) is 48.5 Å². The van der Waals surface area contributed by atoms with Gasteiger partial charge in [0.15, 0.2) is 0 Å². The first-order chi connectivity index (χ1) is 7.36. The zero-order valence-electron chi connectivity index (χ0n) is 12.7. The van der Waals surface area contributed by atoms with Crippen molar-refractivity contribution in [1.82, 2.24) is 0 Å². The van der Waals surface area contributed by atoms with Crippen molar-refractivity contribution in [3.8, 4) is 0 Å². The minimum absolute atomic E-state index is 0.849. The smallest absolute Gasteiger partial charge is 0.0383 e. The first-order valence-electron chi connectivity index (χ1n) is 7.36. The Morgan fingerprint density at radius 1 is 0.688 bits per heavy atom. The van der Waals surface area contributed by atoms with Crippen molar-refractivity contribution in [1.29, 1.82) is 0 Å². The molecule has 0 aliphatic carbocycles. The highest BCUT2D eigenvalue weighted by Crippen LogP contribution is 2.31. The highest BCUT2D eigenvalue weighted by Gasteiger charge is 2.21. The quantitative estimate of drug-likeness (QED) is 0.493. The van der Waals surface area contributed by atoms with Crippen LogP contribution in [0.4, 0.5) is 0 Å². The molecule has 0 heterocycles. The molecular formula is C16H34. The second kappa shape index (κ2) is 8.14. The molecule has 0 aromatic heterocycles. The van der Waals surface area contributed by atoms with E-state index in [1.807, 2.05) is 0 Å². The predicted molar refractivity (Wildman–Crippen MR) is 75.6 cm³/mol. The van der Waals surface area contributed by atoms with Gasteiger partial charge in [0.2, 0.25) is 0 Å². The molecule has 0 aliphatic rings. The van der Waals surface area contributed by atoms with Crippen molar-refractivity contribution in [3.05, 3.63) is 0 Å². The van der Waals surface area contributed by atoms with Gasteiger partial charge in [-0.2, -0.15) is 0 Å². The third-order valence-corrected chi connectivity index (χ3v) is 3.82. The molecule has 0 saturated heterocycles. The van der Waals surface area contributed by atoms with Crippen LogP contribution in [0.25, 0.3) is 0 Å². The van der Waals surface area contributed by atoms with Crippen molar-refractivity contribution < 1.29 is 0 Å². The van der Waals surface area contributed by atoms with Crippen molar-refractivity contribution in [2.45, 2.75) is 74.1 Å². The van der Waals surface area contributed by atoms with Crippen LogP contribution >= 0.6 is 0 Å². The van der Waals surface area contributed by atoms with Gasteiger partial charge in [0.25, 0.3) is 0 Å². The van der Waals surface area contributed by atoms with Crippen molar-refractivity contribution in [2.24, 2.45) is 29.6 Å². The Morgan fingerprint density at radius 3 is 1.56 bits per heavy atom. The molecule has 0 aromatic rings. The van der Waals surface area contributed by atoms with Crippen LogP contribution in [0.15, 0.2) is 0 Å². The molecule has 98 valence electrons. The highest BCUT2D eigenvalue weighted by molar-refractivity contribution is 4.71. The van der Waals surface area contributed by atoms with E-state index < -0.39 is 0 Å². The zero-order valence-corrected chi connectivity index (χ0v) is 12.7. The summed E-state index contributed by atoms with van der Waals surface area (Å²) in [5.74, 6) is 4.44. The minimum atomic E-state index is 0.849. The Balaban J connectivity index is 4.28. The predicted octanol–water partition coefficient (Wildman–Crippen LogP) is 5.77. The van der Waals surface area contributed by atoms with Crippen molar-refractivity contribution in [2.75, 3.05) is 0 Å². The van der Waals surface area contributed by atoms with Crippen LogP contribution in [-0.4, -0.2) is 0 Å². The van der Waals surface area contributed by atoms with E-state index in [1.54, 1.807) is 0 Å². The summed E-state index contributed by atoms with van der Waals surface area (Å²) in [6.45, 7) is 16.6. The number of hydrogen-bond donors (Lipinski definition) is 0. The fourth-order valence-electron chi connectivity index (χ4n) is 2.79. The molecule has 0 saturated carbocycles. The molecule has 0 radical (unpaired) electrons. The van der Waals surface area contributed by atoms with Gasteiger partial charge in [-0.15, -0.1) is 0 Å². The van der Waals surface area contributed by atoms with E-state index >= 15 is 0 Å². The average Bonchev–Trinajstić information content (AvgIpc) is 2.14. The van der Waals surface area contributed by atoms with Crippen molar-refractivity contribution in [3.63, 3.8) is 0 Å². The number of rotatable bonds is 8. The van der Waals surface area contributed by atoms with E-state index in [4.69, 9.17) is 0 Å². The second-order valence-corrected chi connectivity index (χ2v) is 6.75. The zero-order chi connectivity index (χ0) is 12.7. The molecule has 0 spiro atoms. The lowest BCUT2D eigenvalue weighted by Gasteiger charge is -2.29. The molecule has 0 nitrogen and oxygen atoms in total. The summed E-state index contributed by atoms with van der Waals surface area (Å²) in [7, 11) is 0. The minimum Gasteiger partial charge on any atom is -0.0651 e. The monoisotopic (exact) mass is 226 g/mol. The van der Waals surface area contributed by atoms with E-state index in [9.17, 15) is 0 Å².